The number of ether oxygens (including phenoxy) is 1. The van der Waals surface area contributed by atoms with Crippen LogP contribution in [0.1, 0.15) is 33.3 Å². The summed E-state index contributed by atoms with van der Waals surface area (Å²) in [4.78, 5) is 42.1. The van der Waals surface area contributed by atoms with Crippen LogP contribution in [0.5, 0.6) is 0 Å². The Kier molecular flexibility index (Phi) is 5.94. The fourth-order valence-corrected chi connectivity index (χ4v) is 3.30. The molecule has 0 fully saturated rings. The molecule has 0 spiro atoms. The number of Topliss-reactive ketones (excluding diaryl/α,β-unsaturated/α-hetero) is 1. The van der Waals surface area contributed by atoms with Crippen molar-refractivity contribution in [3.05, 3.63) is 69.6 Å². The van der Waals surface area contributed by atoms with Crippen molar-refractivity contribution < 1.29 is 14.3 Å². The molecule has 28 heavy (non-hydrogen) atoms. The molecule has 2 aromatic carbocycles. The first kappa shape index (κ1) is 19.8. The molecule has 6 nitrogen and oxygen atoms in total. The van der Waals surface area contributed by atoms with E-state index in [1.54, 1.807) is 53.6 Å². The van der Waals surface area contributed by atoms with Gasteiger partial charge in [-0.1, -0.05) is 12.1 Å². The van der Waals surface area contributed by atoms with Crippen LogP contribution in [0.25, 0.3) is 11.0 Å². The van der Waals surface area contributed by atoms with E-state index in [1.807, 2.05) is 25.3 Å². The summed E-state index contributed by atoms with van der Waals surface area (Å²) in [6, 6.07) is 12.0. The Labute approximate surface area is 166 Å². The van der Waals surface area contributed by atoms with Crippen LogP contribution in [0, 0.1) is 6.92 Å². The fraction of sp³-hybridized carbons (Fsp3) is 0.238. The van der Waals surface area contributed by atoms with E-state index in [0.29, 0.717) is 28.8 Å². The van der Waals surface area contributed by atoms with Crippen LogP contribution in [-0.2, 0) is 11.3 Å². The maximum Gasteiger partial charge on any atom is 0.338 e. The molecule has 0 aliphatic heterocycles. The van der Waals surface area contributed by atoms with Gasteiger partial charge in [-0.3, -0.25) is 9.59 Å². The van der Waals surface area contributed by atoms with Gasteiger partial charge in [0.05, 0.1) is 16.6 Å². The van der Waals surface area contributed by atoms with Crippen molar-refractivity contribution in [1.29, 1.82) is 0 Å². The number of aromatic nitrogens is 2. The highest BCUT2D eigenvalue weighted by molar-refractivity contribution is 7.98. The lowest BCUT2D eigenvalue weighted by atomic mass is 10.1. The molecule has 0 radical (unpaired) electrons. The summed E-state index contributed by atoms with van der Waals surface area (Å²) in [5.41, 5.74) is 2.18. The van der Waals surface area contributed by atoms with Crippen LogP contribution in [-0.4, -0.2) is 34.2 Å². The molecular formula is C21H20N2O4S. The zero-order valence-corrected chi connectivity index (χ0v) is 16.7. The Balaban J connectivity index is 1.76. The van der Waals surface area contributed by atoms with Crippen LogP contribution >= 0.6 is 11.8 Å². The number of benzene rings is 2. The zero-order chi connectivity index (χ0) is 20.3. The molecule has 1 aromatic heterocycles. The molecule has 0 atom stereocenters. The van der Waals surface area contributed by atoms with Gasteiger partial charge in [0.25, 0.3) is 5.56 Å². The minimum atomic E-state index is -0.607. The number of hydrogen-bond acceptors (Lipinski definition) is 6. The van der Waals surface area contributed by atoms with E-state index in [-0.39, 0.29) is 23.5 Å². The van der Waals surface area contributed by atoms with Gasteiger partial charge < -0.3 is 9.30 Å². The molecule has 0 aliphatic carbocycles. The first-order chi connectivity index (χ1) is 13.4. The van der Waals surface area contributed by atoms with Gasteiger partial charge in [-0.25, -0.2) is 9.78 Å². The number of nitrogens with zero attached hydrogens (tertiary/aromatic N) is 2. The monoisotopic (exact) mass is 396 g/mol. The highest BCUT2D eigenvalue weighted by Gasteiger charge is 2.14. The fourth-order valence-electron chi connectivity index (χ4n) is 2.89. The smallest absolute Gasteiger partial charge is 0.338 e. The third kappa shape index (κ3) is 3.99. The number of esters is 1. The van der Waals surface area contributed by atoms with Gasteiger partial charge in [0.15, 0.2) is 12.4 Å². The average Bonchev–Trinajstić information content (AvgIpc) is 2.72. The van der Waals surface area contributed by atoms with Gasteiger partial charge in [-0.05, 0) is 50.4 Å². The summed E-state index contributed by atoms with van der Waals surface area (Å²) in [7, 11) is 0. The second kappa shape index (κ2) is 8.39. The number of thioether (sulfide) groups is 1. The molecule has 0 aliphatic rings. The average molecular weight is 396 g/mol. The predicted octanol–water partition coefficient (Wildman–Crippen LogP) is 3.49. The lowest BCUT2D eigenvalue weighted by Gasteiger charge is -2.10. The van der Waals surface area contributed by atoms with Gasteiger partial charge >= 0.3 is 5.97 Å². The molecule has 0 bridgehead atoms. The topological polar surface area (TPSA) is 78.3 Å². The maximum atomic E-state index is 12.4. The summed E-state index contributed by atoms with van der Waals surface area (Å²) in [6.07, 6.45) is 1.96. The molecular weight excluding hydrogens is 376 g/mol. The molecule has 0 unspecified atom stereocenters. The van der Waals surface area contributed by atoms with E-state index in [9.17, 15) is 14.4 Å². The Bertz CT molecular complexity index is 1100. The first-order valence-corrected chi connectivity index (χ1v) is 10.0. The molecule has 0 amide bonds. The summed E-state index contributed by atoms with van der Waals surface area (Å²) in [5, 5.41) is 0. The zero-order valence-electron chi connectivity index (χ0n) is 15.9. The molecule has 0 saturated carbocycles. The second-order valence-electron chi connectivity index (χ2n) is 6.18. The first-order valence-electron chi connectivity index (χ1n) is 8.80. The van der Waals surface area contributed by atoms with E-state index in [4.69, 9.17) is 4.74 Å². The molecule has 7 heteroatoms. The Morgan fingerprint density at radius 2 is 1.79 bits per heavy atom. The Hall–Kier alpha value is -2.93. The highest BCUT2D eigenvalue weighted by atomic mass is 32.2. The van der Waals surface area contributed by atoms with Crippen molar-refractivity contribution in [3.63, 3.8) is 0 Å². The molecule has 1 heterocycles. The Morgan fingerprint density at radius 3 is 2.43 bits per heavy atom. The third-order valence-electron chi connectivity index (χ3n) is 4.41. The van der Waals surface area contributed by atoms with E-state index >= 15 is 0 Å². The van der Waals surface area contributed by atoms with Crippen LogP contribution in [0.4, 0.5) is 0 Å². The van der Waals surface area contributed by atoms with Crippen molar-refractivity contribution in [2.45, 2.75) is 25.3 Å². The van der Waals surface area contributed by atoms with Crippen LogP contribution in [0.3, 0.4) is 0 Å². The van der Waals surface area contributed by atoms with Crippen LogP contribution in [0.15, 0.2) is 52.2 Å². The number of rotatable bonds is 6. The molecule has 3 aromatic rings. The van der Waals surface area contributed by atoms with Gasteiger partial charge in [-0.2, -0.15) is 0 Å². The second-order valence-corrected chi connectivity index (χ2v) is 7.06. The standard InChI is InChI=1S/C21H20N2O4S/c1-4-23-18-10-7-15(11-17(18)22-13(2)20(23)25)21(26)27-12-19(24)14-5-8-16(28-3)9-6-14/h5-11H,4,12H2,1-3H3. The third-order valence-corrected chi connectivity index (χ3v) is 5.15. The number of fused-ring (bicyclic) bond motifs is 1. The van der Waals surface area contributed by atoms with Crippen LogP contribution in [0.2, 0.25) is 0 Å². The van der Waals surface area contributed by atoms with Gasteiger partial charge in [0, 0.05) is 17.0 Å². The summed E-state index contributed by atoms with van der Waals surface area (Å²) in [5.74, 6) is -0.875. The molecule has 0 N–H and O–H groups in total. The lowest BCUT2D eigenvalue weighted by molar-refractivity contribution is 0.0475. The van der Waals surface area contributed by atoms with E-state index < -0.39 is 5.97 Å². The minimum absolute atomic E-state index is 0.150. The normalized spacial score (nSPS) is 10.8. The molecule has 144 valence electrons. The highest BCUT2D eigenvalue weighted by Crippen LogP contribution is 2.16. The number of carbonyl (C=O) groups excluding carboxylic acids is 2. The summed E-state index contributed by atoms with van der Waals surface area (Å²) in [6.45, 7) is 3.68. The number of carbonyl (C=O) groups is 2. The molecule has 3 rings (SSSR count). The van der Waals surface area contributed by atoms with E-state index in [2.05, 4.69) is 4.98 Å². The molecule has 0 saturated heterocycles. The van der Waals surface area contributed by atoms with Crippen molar-refractivity contribution in [2.24, 2.45) is 0 Å². The van der Waals surface area contributed by atoms with Crippen molar-refractivity contribution >= 4 is 34.5 Å². The number of aryl methyl sites for hydroxylation is 2. The van der Waals surface area contributed by atoms with Crippen LogP contribution < -0.4 is 5.56 Å². The lowest BCUT2D eigenvalue weighted by Crippen LogP contribution is -2.23. The van der Waals surface area contributed by atoms with E-state index in [1.165, 1.54) is 0 Å². The number of hydrogen-bond donors (Lipinski definition) is 0. The van der Waals surface area contributed by atoms with Crippen molar-refractivity contribution in [2.75, 3.05) is 12.9 Å². The SMILES string of the molecule is CCn1c(=O)c(C)nc2cc(C(=O)OCC(=O)c3ccc(SC)cc3)ccc21. The maximum absolute atomic E-state index is 12.4. The quantitative estimate of drug-likeness (QED) is 0.361. The van der Waals surface area contributed by atoms with Crippen molar-refractivity contribution in [1.82, 2.24) is 9.55 Å². The van der Waals surface area contributed by atoms with Crippen molar-refractivity contribution in [3.8, 4) is 0 Å². The summed E-state index contributed by atoms with van der Waals surface area (Å²) >= 11 is 1.59. The largest absolute Gasteiger partial charge is 0.454 e. The van der Waals surface area contributed by atoms with Gasteiger partial charge in [0.1, 0.15) is 5.69 Å². The predicted molar refractivity (Wildman–Crippen MR) is 109 cm³/mol. The summed E-state index contributed by atoms with van der Waals surface area (Å²) < 4.78 is 6.78. The van der Waals surface area contributed by atoms with Gasteiger partial charge in [0.2, 0.25) is 0 Å². The minimum Gasteiger partial charge on any atom is -0.454 e. The number of ketones is 1. The van der Waals surface area contributed by atoms with Gasteiger partial charge in [-0.15, -0.1) is 11.8 Å². The Morgan fingerprint density at radius 1 is 1.11 bits per heavy atom. The van der Waals surface area contributed by atoms with E-state index in [0.717, 1.165) is 4.90 Å².